The predicted octanol–water partition coefficient (Wildman–Crippen LogP) is 2.50. The van der Waals surface area contributed by atoms with Crippen molar-refractivity contribution in [1.82, 2.24) is 0 Å². The predicted molar refractivity (Wildman–Crippen MR) is 71.8 cm³/mol. The van der Waals surface area contributed by atoms with Crippen LogP contribution in [0, 0.1) is 0 Å². The number of hydrogen-bond donors (Lipinski definition) is 3. The van der Waals surface area contributed by atoms with E-state index in [1.807, 2.05) is 18.2 Å². The first-order valence-electron chi connectivity index (χ1n) is 5.31. The Morgan fingerprint density at radius 3 is 2.22 bits per heavy atom. The van der Waals surface area contributed by atoms with Gasteiger partial charge in [-0.05, 0) is 18.1 Å². The number of aryl methyl sites for hydroxylation is 1. The zero-order chi connectivity index (χ0) is 14.4. The third-order valence-corrected chi connectivity index (χ3v) is 1.98. The molecular formula is C12H20ClNO4. The van der Waals surface area contributed by atoms with Crippen molar-refractivity contribution in [3.05, 3.63) is 34.9 Å². The molecule has 1 rings (SSSR count). The van der Waals surface area contributed by atoms with E-state index in [9.17, 15) is 0 Å². The van der Waals surface area contributed by atoms with Crippen LogP contribution < -0.4 is 5.73 Å². The first-order chi connectivity index (χ1) is 8.49. The van der Waals surface area contributed by atoms with Gasteiger partial charge >= 0.3 is 6.09 Å². The average Bonchev–Trinajstić information content (AvgIpc) is 2.32. The van der Waals surface area contributed by atoms with Gasteiger partial charge in [0.1, 0.15) is 6.79 Å². The fourth-order valence-electron chi connectivity index (χ4n) is 0.970. The van der Waals surface area contributed by atoms with Gasteiger partial charge in [-0.3, -0.25) is 0 Å². The Hall–Kier alpha value is -1.30. The lowest BCUT2D eigenvalue weighted by molar-refractivity contribution is 0.0325. The number of methoxy groups -OCH3 is 1. The van der Waals surface area contributed by atoms with Gasteiger partial charge < -0.3 is 20.7 Å². The van der Waals surface area contributed by atoms with Gasteiger partial charge in [-0.2, -0.15) is 0 Å². The molecule has 6 heteroatoms. The molecule has 104 valence electrons. The number of aliphatic hydroxyl groups excluding tert-OH is 1. The summed E-state index contributed by atoms with van der Waals surface area (Å²) >= 11 is 5.90. The van der Waals surface area contributed by atoms with Crippen LogP contribution >= 0.6 is 11.6 Å². The van der Waals surface area contributed by atoms with E-state index in [0.29, 0.717) is 0 Å². The molecule has 1 amide bonds. The second-order valence-electron chi connectivity index (χ2n) is 3.10. The second-order valence-corrected chi connectivity index (χ2v) is 3.50. The molecule has 0 aliphatic rings. The Kier molecular flexibility index (Phi) is 14.6. The number of primary amides is 1. The van der Waals surface area contributed by atoms with Crippen LogP contribution in [0.25, 0.3) is 0 Å². The van der Waals surface area contributed by atoms with E-state index in [2.05, 4.69) is 23.5 Å². The minimum Gasteiger partial charge on any atom is -0.465 e. The summed E-state index contributed by atoms with van der Waals surface area (Å²) in [4.78, 5) is 8.78. The van der Waals surface area contributed by atoms with Gasteiger partial charge in [0, 0.05) is 12.1 Å². The van der Waals surface area contributed by atoms with Crippen molar-refractivity contribution in [2.75, 3.05) is 13.9 Å². The Labute approximate surface area is 112 Å². The Balaban J connectivity index is 0. The van der Waals surface area contributed by atoms with Crippen molar-refractivity contribution < 1.29 is 19.7 Å². The molecule has 0 aliphatic heterocycles. The van der Waals surface area contributed by atoms with Crippen LogP contribution in [-0.2, 0) is 11.2 Å². The van der Waals surface area contributed by atoms with E-state index in [0.717, 1.165) is 17.9 Å². The van der Waals surface area contributed by atoms with Crippen LogP contribution in [0.2, 0.25) is 5.02 Å². The van der Waals surface area contributed by atoms with E-state index in [1.165, 1.54) is 12.7 Å². The van der Waals surface area contributed by atoms with Gasteiger partial charge in [-0.15, -0.1) is 0 Å². The van der Waals surface area contributed by atoms with E-state index < -0.39 is 6.09 Å². The minimum absolute atomic E-state index is 0.181. The van der Waals surface area contributed by atoms with Crippen LogP contribution in [-0.4, -0.2) is 30.2 Å². The molecule has 0 saturated heterocycles. The Morgan fingerprint density at radius 2 is 1.89 bits per heavy atom. The third kappa shape index (κ3) is 14.7. The summed E-state index contributed by atoms with van der Waals surface area (Å²) in [5.74, 6) is 0. The summed E-state index contributed by atoms with van der Waals surface area (Å²) in [6.45, 7) is 1.98. The van der Waals surface area contributed by atoms with Crippen LogP contribution in [0.1, 0.15) is 18.9 Å². The zero-order valence-electron chi connectivity index (χ0n) is 10.6. The maximum absolute atomic E-state index is 8.78. The molecule has 0 atom stereocenters. The van der Waals surface area contributed by atoms with E-state index in [-0.39, 0.29) is 6.79 Å². The first-order valence-corrected chi connectivity index (χ1v) is 5.68. The Morgan fingerprint density at radius 1 is 1.44 bits per heavy atom. The van der Waals surface area contributed by atoms with Gasteiger partial charge in [-0.1, -0.05) is 43.1 Å². The van der Waals surface area contributed by atoms with Gasteiger partial charge in [-0.25, -0.2) is 4.79 Å². The highest BCUT2D eigenvalue weighted by Gasteiger charge is 1.94. The molecule has 0 aliphatic carbocycles. The van der Waals surface area contributed by atoms with E-state index in [1.54, 1.807) is 0 Å². The number of rotatable bonds is 3. The molecule has 0 fully saturated rings. The summed E-state index contributed by atoms with van der Waals surface area (Å²) in [5.41, 5.74) is 5.28. The molecule has 0 heterocycles. The van der Waals surface area contributed by atoms with Gasteiger partial charge in [0.15, 0.2) is 0 Å². The number of ether oxygens (including phenoxy) is 1. The Bertz CT molecular complexity index is 315. The SMILES string of the molecule is CCCc1ccccc1Cl.COCO.NC(=O)O. The highest BCUT2D eigenvalue weighted by Crippen LogP contribution is 2.15. The summed E-state index contributed by atoms with van der Waals surface area (Å²) < 4.78 is 4.10. The van der Waals surface area contributed by atoms with E-state index >= 15 is 0 Å². The van der Waals surface area contributed by atoms with Gasteiger partial charge in [0.2, 0.25) is 0 Å². The fraction of sp³-hybridized carbons (Fsp3) is 0.417. The smallest absolute Gasteiger partial charge is 0.402 e. The molecule has 0 bridgehead atoms. The van der Waals surface area contributed by atoms with Gasteiger partial charge in [0.25, 0.3) is 0 Å². The molecule has 0 unspecified atom stereocenters. The number of carbonyl (C=O) groups is 1. The molecule has 0 aromatic heterocycles. The number of aliphatic hydroxyl groups is 1. The molecule has 5 nitrogen and oxygen atoms in total. The highest BCUT2D eigenvalue weighted by atomic mass is 35.5. The normalized spacial score (nSPS) is 8.44. The molecule has 1 aromatic carbocycles. The standard InChI is InChI=1S/C9H11Cl.C2H6O2.CH3NO2/c1-2-5-8-6-3-4-7-9(8)10;1-4-2-3;2-1(3)4/h3-4,6-7H,2,5H2,1H3;3H,2H2,1H3;2H2,(H,3,4). The average molecular weight is 278 g/mol. The first kappa shape index (κ1) is 19.0. The van der Waals surface area contributed by atoms with Crippen LogP contribution in [0.3, 0.4) is 0 Å². The zero-order valence-corrected chi connectivity index (χ0v) is 11.4. The quantitative estimate of drug-likeness (QED) is 0.740. The summed E-state index contributed by atoms with van der Waals surface area (Å²) in [6, 6.07) is 8.00. The molecular weight excluding hydrogens is 258 g/mol. The summed E-state index contributed by atoms with van der Waals surface area (Å²) in [5, 5.41) is 15.7. The molecule has 1 aromatic rings. The lowest BCUT2D eigenvalue weighted by Gasteiger charge is -1.99. The summed E-state index contributed by atoms with van der Waals surface area (Å²) in [6.07, 6.45) is 0.906. The van der Waals surface area contributed by atoms with Crippen molar-refractivity contribution in [2.45, 2.75) is 19.8 Å². The third-order valence-electron chi connectivity index (χ3n) is 1.61. The molecule has 18 heavy (non-hydrogen) atoms. The number of nitrogens with two attached hydrogens (primary N) is 1. The number of halogens is 1. The van der Waals surface area contributed by atoms with Gasteiger partial charge in [0.05, 0.1) is 0 Å². The van der Waals surface area contributed by atoms with Crippen molar-refractivity contribution >= 4 is 17.7 Å². The van der Waals surface area contributed by atoms with Crippen LogP contribution in [0.15, 0.2) is 24.3 Å². The van der Waals surface area contributed by atoms with Crippen LogP contribution in [0.4, 0.5) is 4.79 Å². The number of carboxylic acid groups (broad SMARTS) is 1. The summed E-state index contributed by atoms with van der Waals surface area (Å²) in [7, 11) is 1.43. The molecule has 0 saturated carbocycles. The maximum atomic E-state index is 8.78. The maximum Gasteiger partial charge on any atom is 0.402 e. The lowest BCUT2D eigenvalue weighted by Crippen LogP contribution is -2.03. The van der Waals surface area contributed by atoms with Crippen molar-refractivity contribution in [3.8, 4) is 0 Å². The number of amides is 1. The van der Waals surface area contributed by atoms with E-state index in [4.69, 9.17) is 26.6 Å². The highest BCUT2D eigenvalue weighted by molar-refractivity contribution is 6.31. The minimum atomic E-state index is -1.33. The van der Waals surface area contributed by atoms with Crippen molar-refractivity contribution in [3.63, 3.8) is 0 Å². The number of benzene rings is 1. The molecule has 0 spiro atoms. The van der Waals surface area contributed by atoms with Crippen LogP contribution in [0.5, 0.6) is 0 Å². The van der Waals surface area contributed by atoms with Crippen molar-refractivity contribution in [1.29, 1.82) is 0 Å². The molecule has 0 radical (unpaired) electrons. The van der Waals surface area contributed by atoms with Crippen molar-refractivity contribution in [2.24, 2.45) is 5.73 Å². The lowest BCUT2D eigenvalue weighted by atomic mass is 10.1. The topological polar surface area (TPSA) is 92.8 Å². The molecule has 4 N–H and O–H groups in total. The monoisotopic (exact) mass is 277 g/mol. The second kappa shape index (κ2) is 13.8. The fourth-order valence-corrected chi connectivity index (χ4v) is 1.20. The largest absolute Gasteiger partial charge is 0.465 e. The number of hydrogen-bond acceptors (Lipinski definition) is 3.